The van der Waals surface area contributed by atoms with E-state index in [9.17, 15) is 0 Å². The van der Waals surface area contributed by atoms with E-state index < -0.39 is 0 Å². The third-order valence-electron chi connectivity index (χ3n) is 2.17. The number of anilines is 1. The summed E-state index contributed by atoms with van der Waals surface area (Å²) in [6.07, 6.45) is 2.04. The molecule has 14 heavy (non-hydrogen) atoms. The highest BCUT2D eigenvalue weighted by Crippen LogP contribution is 2.23. The van der Waals surface area contributed by atoms with Crippen molar-refractivity contribution < 1.29 is 4.74 Å². The third kappa shape index (κ3) is 2.10. The minimum absolute atomic E-state index is 0.151. The molecule has 0 amide bonds. The van der Waals surface area contributed by atoms with Crippen LogP contribution in [0, 0.1) is 0 Å². The summed E-state index contributed by atoms with van der Waals surface area (Å²) < 4.78 is 5.33. The van der Waals surface area contributed by atoms with E-state index in [0.29, 0.717) is 12.4 Å². The number of nitrogens with two attached hydrogens (primary N) is 1. The van der Waals surface area contributed by atoms with Crippen molar-refractivity contribution in [2.24, 2.45) is 0 Å². The lowest BCUT2D eigenvalue weighted by Gasteiger charge is -2.20. The summed E-state index contributed by atoms with van der Waals surface area (Å²) in [5, 5.41) is 0.151. The maximum atomic E-state index is 5.69. The first-order chi connectivity index (χ1) is 6.75. The molecular weight excluding hydrogens is 204 g/mol. The van der Waals surface area contributed by atoms with Crippen LogP contribution in [0.3, 0.4) is 0 Å². The van der Waals surface area contributed by atoms with Crippen LogP contribution in [0.25, 0.3) is 0 Å². The second kappa shape index (κ2) is 4.06. The van der Waals surface area contributed by atoms with Crippen molar-refractivity contribution in [3.63, 3.8) is 0 Å². The van der Waals surface area contributed by atoms with E-state index in [1.54, 1.807) is 0 Å². The molecule has 1 unspecified atom stereocenters. The number of hydrogen-bond donors (Lipinski definition) is 1. The largest absolute Gasteiger partial charge is 0.381 e. The van der Waals surface area contributed by atoms with Gasteiger partial charge in [0.15, 0.2) is 0 Å². The van der Waals surface area contributed by atoms with Gasteiger partial charge in [-0.3, -0.25) is 0 Å². The zero-order valence-corrected chi connectivity index (χ0v) is 8.37. The number of rotatable bonds is 1. The van der Waals surface area contributed by atoms with Gasteiger partial charge in [0, 0.05) is 12.5 Å². The van der Waals surface area contributed by atoms with Crippen molar-refractivity contribution in [3.8, 4) is 0 Å². The van der Waals surface area contributed by atoms with Crippen LogP contribution < -0.4 is 5.73 Å². The predicted molar refractivity (Wildman–Crippen MR) is 52.0 cm³/mol. The Morgan fingerprint density at radius 3 is 2.86 bits per heavy atom. The monoisotopic (exact) mass is 214 g/mol. The summed E-state index contributed by atoms with van der Waals surface area (Å²) >= 11 is 5.69. The molecule has 2 rings (SSSR count). The molecule has 1 aliphatic rings. The summed E-state index contributed by atoms with van der Waals surface area (Å²) in [6.45, 7) is 1.45. The molecule has 0 spiro atoms. The van der Waals surface area contributed by atoms with Gasteiger partial charge < -0.3 is 10.5 Å². The molecule has 1 aromatic rings. The Balaban J connectivity index is 2.21. The van der Waals surface area contributed by atoms with Gasteiger partial charge in [-0.05, 0) is 24.4 Å². The van der Waals surface area contributed by atoms with Gasteiger partial charge in [0.05, 0.1) is 6.61 Å². The number of nitrogens with zero attached hydrogens (tertiary/aromatic N) is 3. The van der Waals surface area contributed by atoms with Crippen molar-refractivity contribution in [2.45, 2.75) is 18.8 Å². The van der Waals surface area contributed by atoms with Gasteiger partial charge >= 0.3 is 0 Å². The molecule has 0 saturated carbocycles. The Morgan fingerprint density at radius 1 is 1.36 bits per heavy atom. The standard InChI is InChI=1S/C8H11ClN4O/c9-7-11-6(12-8(10)13-7)5-2-1-3-14-4-5/h5H,1-4H2,(H2,10,11,12,13). The average Bonchev–Trinajstić information content (AvgIpc) is 2.18. The van der Waals surface area contributed by atoms with E-state index in [1.807, 2.05) is 0 Å². The Hall–Kier alpha value is -0.940. The Bertz CT molecular complexity index is 307. The minimum atomic E-state index is 0.151. The minimum Gasteiger partial charge on any atom is -0.381 e. The molecule has 2 heterocycles. The van der Waals surface area contributed by atoms with E-state index in [4.69, 9.17) is 22.1 Å². The zero-order chi connectivity index (χ0) is 9.97. The van der Waals surface area contributed by atoms with Gasteiger partial charge in [-0.2, -0.15) is 9.97 Å². The van der Waals surface area contributed by atoms with Crippen molar-refractivity contribution in [1.29, 1.82) is 0 Å². The van der Waals surface area contributed by atoms with Crippen LogP contribution in [-0.2, 0) is 4.74 Å². The molecule has 0 aliphatic carbocycles. The molecule has 76 valence electrons. The van der Waals surface area contributed by atoms with Crippen LogP contribution in [0.1, 0.15) is 24.6 Å². The Kier molecular flexibility index (Phi) is 2.79. The van der Waals surface area contributed by atoms with Gasteiger partial charge in [-0.25, -0.2) is 4.98 Å². The molecule has 0 bridgehead atoms. The number of nitrogen functional groups attached to an aromatic ring is 1. The number of ether oxygens (including phenoxy) is 1. The van der Waals surface area contributed by atoms with Crippen LogP contribution >= 0.6 is 11.6 Å². The highest BCUT2D eigenvalue weighted by molar-refractivity contribution is 6.28. The first kappa shape index (κ1) is 9.61. The van der Waals surface area contributed by atoms with Gasteiger partial charge in [0.25, 0.3) is 0 Å². The second-order valence-electron chi connectivity index (χ2n) is 3.23. The SMILES string of the molecule is Nc1nc(Cl)nc(C2CCCOC2)n1. The van der Waals surface area contributed by atoms with E-state index in [2.05, 4.69) is 15.0 Å². The topological polar surface area (TPSA) is 73.9 Å². The summed E-state index contributed by atoms with van der Waals surface area (Å²) in [7, 11) is 0. The van der Waals surface area contributed by atoms with E-state index >= 15 is 0 Å². The van der Waals surface area contributed by atoms with Crippen LogP contribution in [0.15, 0.2) is 0 Å². The summed E-state index contributed by atoms with van der Waals surface area (Å²) in [5.41, 5.74) is 5.48. The Labute approximate surface area is 86.7 Å². The van der Waals surface area contributed by atoms with Crippen LogP contribution in [0.2, 0.25) is 5.28 Å². The first-order valence-electron chi connectivity index (χ1n) is 4.50. The predicted octanol–water partition coefficient (Wildman–Crippen LogP) is 1.00. The maximum absolute atomic E-state index is 5.69. The quantitative estimate of drug-likeness (QED) is 0.755. The molecule has 0 aromatic carbocycles. The van der Waals surface area contributed by atoms with Crippen molar-refractivity contribution >= 4 is 17.5 Å². The normalized spacial score (nSPS) is 22.2. The van der Waals surface area contributed by atoms with Crippen molar-refractivity contribution in [3.05, 3.63) is 11.1 Å². The van der Waals surface area contributed by atoms with E-state index in [0.717, 1.165) is 19.4 Å². The van der Waals surface area contributed by atoms with Crippen LogP contribution in [0.5, 0.6) is 0 Å². The Morgan fingerprint density at radius 2 is 2.21 bits per heavy atom. The van der Waals surface area contributed by atoms with Crippen molar-refractivity contribution in [2.75, 3.05) is 18.9 Å². The molecule has 1 fully saturated rings. The molecule has 6 heteroatoms. The summed E-state index contributed by atoms with van der Waals surface area (Å²) in [5.74, 6) is 1.01. The van der Waals surface area contributed by atoms with Gasteiger partial charge in [0.1, 0.15) is 5.82 Å². The number of aromatic nitrogens is 3. The fourth-order valence-electron chi connectivity index (χ4n) is 1.51. The fourth-order valence-corrected chi connectivity index (χ4v) is 1.68. The third-order valence-corrected chi connectivity index (χ3v) is 2.34. The lowest BCUT2D eigenvalue weighted by molar-refractivity contribution is 0.0780. The highest BCUT2D eigenvalue weighted by Gasteiger charge is 2.19. The zero-order valence-electron chi connectivity index (χ0n) is 7.61. The smallest absolute Gasteiger partial charge is 0.227 e. The number of hydrogen-bond acceptors (Lipinski definition) is 5. The fraction of sp³-hybridized carbons (Fsp3) is 0.625. The molecule has 1 saturated heterocycles. The lowest BCUT2D eigenvalue weighted by atomic mass is 10.0. The molecule has 1 aromatic heterocycles. The summed E-state index contributed by atoms with van der Waals surface area (Å²) in [6, 6.07) is 0. The van der Waals surface area contributed by atoms with E-state index in [-0.39, 0.29) is 17.1 Å². The highest BCUT2D eigenvalue weighted by atomic mass is 35.5. The maximum Gasteiger partial charge on any atom is 0.227 e. The first-order valence-corrected chi connectivity index (χ1v) is 4.88. The van der Waals surface area contributed by atoms with Crippen LogP contribution in [-0.4, -0.2) is 28.2 Å². The molecule has 5 nitrogen and oxygen atoms in total. The lowest BCUT2D eigenvalue weighted by Crippen LogP contribution is -2.18. The van der Waals surface area contributed by atoms with Gasteiger partial charge in [-0.15, -0.1) is 0 Å². The molecule has 0 radical (unpaired) electrons. The summed E-state index contributed by atoms with van der Waals surface area (Å²) in [4.78, 5) is 11.8. The van der Waals surface area contributed by atoms with Crippen molar-refractivity contribution in [1.82, 2.24) is 15.0 Å². The molecule has 2 N–H and O–H groups in total. The number of halogens is 1. The average molecular weight is 215 g/mol. The van der Waals surface area contributed by atoms with Gasteiger partial charge in [-0.1, -0.05) is 0 Å². The molecule has 1 aliphatic heterocycles. The molecular formula is C8H11ClN4O. The van der Waals surface area contributed by atoms with E-state index in [1.165, 1.54) is 0 Å². The molecule has 1 atom stereocenters. The van der Waals surface area contributed by atoms with Gasteiger partial charge in [0.2, 0.25) is 11.2 Å². The van der Waals surface area contributed by atoms with Crippen LogP contribution in [0.4, 0.5) is 5.95 Å². The second-order valence-corrected chi connectivity index (χ2v) is 3.57.